The lowest BCUT2D eigenvalue weighted by Crippen LogP contribution is -2.34. The van der Waals surface area contributed by atoms with Gasteiger partial charge in [-0.2, -0.15) is 18.4 Å². The third-order valence-corrected chi connectivity index (χ3v) is 7.56. The van der Waals surface area contributed by atoms with Crippen LogP contribution in [0.1, 0.15) is 35.2 Å². The minimum Gasteiger partial charge on any atom is -0.506 e. The summed E-state index contributed by atoms with van der Waals surface area (Å²) < 4.78 is 70.6. The van der Waals surface area contributed by atoms with Gasteiger partial charge in [-0.3, -0.25) is 9.52 Å². The summed E-state index contributed by atoms with van der Waals surface area (Å²) in [5.74, 6) is -0.617. The Labute approximate surface area is 247 Å². The maximum absolute atomic E-state index is 13.3. The van der Waals surface area contributed by atoms with Gasteiger partial charge in [0, 0.05) is 18.2 Å². The first-order chi connectivity index (χ1) is 20.3. The summed E-state index contributed by atoms with van der Waals surface area (Å²) in [5.41, 5.74) is 0.501. The van der Waals surface area contributed by atoms with Crippen LogP contribution < -0.4 is 14.8 Å². The number of carbonyl (C=O) groups is 1. The third kappa shape index (κ3) is 8.86. The Kier molecular flexibility index (Phi) is 9.83. The highest BCUT2D eigenvalue weighted by Crippen LogP contribution is 2.33. The molecule has 0 atom stereocenters. The molecule has 1 amide bonds. The molecule has 1 fully saturated rings. The average molecular weight is 617 g/mol. The Morgan fingerprint density at radius 2 is 1.74 bits per heavy atom. The molecule has 1 heterocycles. The van der Waals surface area contributed by atoms with Crippen LogP contribution in [0.15, 0.2) is 60.7 Å². The van der Waals surface area contributed by atoms with E-state index >= 15 is 0 Å². The monoisotopic (exact) mass is 616 g/mol. The summed E-state index contributed by atoms with van der Waals surface area (Å²) in [4.78, 5) is 15.6. The van der Waals surface area contributed by atoms with E-state index in [0.717, 1.165) is 50.9 Å². The highest BCUT2D eigenvalue weighted by Gasteiger charge is 2.30. The second-order valence-corrected chi connectivity index (χ2v) is 12.0. The highest BCUT2D eigenvalue weighted by atomic mass is 32.2. The van der Waals surface area contributed by atoms with E-state index in [1.165, 1.54) is 36.4 Å². The number of phenols is 1. The molecule has 43 heavy (non-hydrogen) atoms. The number of nitriles is 1. The number of amides is 1. The predicted octanol–water partition coefficient (Wildman–Crippen LogP) is 5.71. The first-order valence-corrected chi connectivity index (χ1v) is 15.4. The summed E-state index contributed by atoms with van der Waals surface area (Å²) in [6.07, 6.45) is -1.27. The SMILES string of the molecule is CS(=O)(=O)Nc1cc(NC(=O)c2ccc(-c3ccc(C(F)(F)F)cc3)cc2OCCCN2CCC(C#N)CC2)ccc1O. The number of hydrogen-bond acceptors (Lipinski definition) is 7. The molecule has 0 saturated carbocycles. The van der Waals surface area contributed by atoms with Crippen molar-refractivity contribution >= 4 is 27.3 Å². The number of nitrogens with zero attached hydrogens (tertiary/aromatic N) is 2. The quantitative estimate of drug-likeness (QED) is 0.151. The molecule has 1 aliphatic heterocycles. The van der Waals surface area contributed by atoms with Crippen molar-refractivity contribution in [3.05, 3.63) is 71.8 Å². The van der Waals surface area contributed by atoms with E-state index in [9.17, 15) is 31.5 Å². The number of anilines is 2. The molecular formula is C30H31F3N4O5S. The van der Waals surface area contributed by atoms with Gasteiger partial charge < -0.3 is 20.1 Å². The molecular weight excluding hydrogens is 585 g/mol. The van der Waals surface area contributed by atoms with Crippen LogP contribution >= 0.6 is 0 Å². The van der Waals surface area contributed by atoms with Gasteiger partial charge in [0.15, 0.2) is 0 Å². The number of hydrogen-bond donors (Lipinski definition) is 3. The third-order valence-electron chi connectivity index (χ3n) is 6.97. The molecule has 0 spiro atoms. The molecule has 0 unspecified atom stereocenters. The number of piperidine rings is 1. The zero-order chi connectivity index (χ0) is 31.2. The van der Waals surface area contributed by atoms with Crippen molar-refractivity contribution < 1.29 is 36.2 Å². The molecule has 0 aliphatic carbocycles. The van der Waals surface area contributed by atoms with E-state index in [0.29, 0.717) is 17.5 Å². The number of rotatable bonds is 10. The van der Waals surface area contributed by atoms with Crippen molar-refractivity contribution in [2.75, 3.05) is 42.5 Å². The number of phenolic OH excluding ortho intramolecular Hbond substituents is 1. The molecule has 1 saturated heterocycles. The Morgan fingerprint density at radius 3 is 2.37 bits per heavy atom. The summed E-state index contributed by atoms with van der Waals surface area (Å²) >= 11 is 0. The number of benzene rings is 3. The molecule has 0 radical (unpaired) electrons. The van der Waals surface area contributed by atoms with Crippen LogP contribution in [0.2, 0.25) is 0 Å². The van der Waals surface area contributed by atoms with Gasteiger partial charge in [-0.15, -0.1) is 0 Å². The van der Waals surface area contributed by atoms with E-state index in [-0.39, 0.29) is 41.0 Å². The maximum atomic E-state index is 13.3. The number of likely N-dealkylation sites (tertiary alicyclic amines) is 1. The largest absolute Gasteiger partial charge is 0.506 e. The summed E-state index contributed by atoms with van der Waals surface area (Å²) in [7, 11) is -3.69. The second-order valence-electron chi connectivity index (χ2n) is 10.3. The van der Waals surface area contributed by atoms with Gasteiger partial charge in [-0.25, -0.2) is 8.42 Å². The van der Waals surface area contributed by atoms with Crippen LogP contribution in [-0.2, 0) is 16.2 Å². The minimum absolute atomic E-state index is 0.0772. The lowest BCUT2D eigenvalue weighted by molar-refractivity contribution is -0.137. The highest BCUT2D eigenvalue weighted by molar-refractivity contribution is 7.92. The van der Waals surface area contributed by atoms with E-state index in [1.807, 2.05) is 0 Å². The Hall–Kier alpha value is -4.28. The smallest absolute Gasteiger partial charge is 0.416 e. The van der Waals surface area contributed by atoms with Crippen LogP contribution in [0.25, 0.3) is 11.1 Å². The lowest BCUT2D eigenvalue weighted by atomic mass is 9.98. The number of nitrogens with one attached hydrogen (secondary N) is 2. The van der Waals surface area contributed by atoms with Gasteiger partial charge in [0.1, 0.15) is 11.5 Å². The fourth-order valence-corrected chi connectivity index (χ4v) is 5.27. The second kappa shape index (κ2) is 13.4. The number of ether oxygens (including phenoxy) is 1. The zero-order valence-corrected chi connectivity index (χ0v) is 24.1. The Balaban J connectivity index is 1.53. The minimum atomic E-state index is -4.47. The van der Waals surface area contributed by atoms with Crippen molar-refractivity contribution in [1.82, 2.24) is 4.90 Å². The number of alkyl halides is 3. The Morgan fingerprint density at radius 1 is 1.07 bits per heavy atom. The lowest BCUT2D eigenvalue weighted by Gasteiger charge is -2.28. The van der Waals surface area contributed by atoms with Gasteiger partial charge in [0.25, 0.3) is 5.91 Å². The fourth-order valence-electron chi connectivity index (χ4n) is 4.71. The standard InChI is InChI=1S/C30H31F3N4O5S/c1-43(40,41)36-26-18-24(8-10-27(26)38)35-29(39)25-9-5-22(21-3-6-23(7-4-21)30(31,32)33)17-28(25)42-16-2-13-37-14-11-20(19-34)12-15-37/h3-10,17-18,20,36,38H,2,11-16H2,1H3,(H,35,39). The van der Waals surface area contributed by atoms with Gasteiger partial charge in [0.05, 0.1) is 35.7 Å². The van der Waals surface area contributed by atoms with Crippen molar-refractivity contribution in [2.45, 2.75) is 25.4 Å². The fraction of sp³-hybridized carbons (Fsp3) is 0.333. The maximum Gasteiger partial charge on any atom is 0.416 e. The Bertz CT molecular complexity index is 1600. The molecule has 228 valence electrons. The average Bonchev–Trinajstić information content (AvgIpc) is 2.96. The molecule has 4 rings (SSSR count). The zero-order valence-electron chi connectivity index (χ0n) is 23.3. The molecule has 3 aromatic rings. The van der Waals surface area contributed by atoms with Crippen molar-refractivity contribution in [1.29, 1.82) is 5.26 Å². The molecule has 3 N–H and O–H groups in total. The van der Waals surface area contributed by atoms with Gasteiger partial charge in [0.2, 0.25) is 10.0 Å². The van der Waals surface area contributed by atoms with Crippen LogP contribution in [0, 0.1) is 17.2 Å². The molecule has 9 nitrogen and oxygen atoms in total. The van der Waals surface area contributed by atoms with Crippen LogP contribution in [-0.4, -0.2) is 56.8 Å². The summed E-state index contributed by atoms with van der Waals surface area (Å²) in [6, 6.07) is 15.5. The van der Waals surface area contributed by atoms with E-state index in [4.69, 9.17) is 10.00 Å². The van der Waals surface area contributed by atoms with E-state index in [1.54, 1.807) is 12.1 Å². The molecule has 13 heteroatoms. The van der Waals surface area contributed by atoms with Gasteiger partial charge in [-0.1, -0.05) is 18.2 Å². The van der Waals surface area contributed by atoms with Gasteiger partial charge in [-0.05, 0) is 85.9 Å². The topological polar surface area (TPSA) is 132 Å². The number of sulfonamides is 1. The normalized spacial score (nSPS) is 14.6. The first-order valence-electron chi connectivity index (χ1n) is 13.5. The predicted molar refractivity (Wildman–Crippen MR) is 156 cm³/mol. The van der Waals surface area contributed by atoms with E-state index in [2.05, 4.69) is 21.0 Å². The first kappa shape index (κ1) is 31.7. The number of aromatic hydroxyl groups is 1. The van der Waals surface area contributed by atoms with Gasteiger partial charge >= 0.3 is 6.18 Å². The summed E-state index contributed by atoms with van der Waals surface area (Å²) in [6.45, 7) is 2.63. The molecule has 0 bridgehead atoms. The van der Waals surface area contributed by atoms with Crippen LogP contribution in [0.5, 0.6) is 11.5 Å². The van der Waals surface area contributed by atoms with Crippen LogP contribution in [0.3, 0.4) is 0 Å². The van der Waals surface area contributed by atoms with Crippen LogP contribution in [0.4, 0.5) is 24.5 Å². The molecule has 1 aliphatic rings. The molecule has 0 aromatic heterocycles. The van der Waals surface area contributed by atoms with Crippen molar-refractivity contribution in [3.8, 4) is 28.7 Å². The van der Waals surface area contributed by atoms with E-state index < -0.39 is 27.7 Å². The summed E-state index contributed by atoms with van der Waals surface area (Å²) in [5, 5.41) is 21.8. The number of carbonyl (C=O) groups excluding carboxylic acids is 1. The number of halogens is 3. The van der Waals surface area contributed by atoms with Crippen molar-refractivity contribution in [2.24, 2.45) is 5.92 Å². The van der Waals surface area contributed by atoms with Crippen molar-refractivity contribution in [3.63, 3.8) is 0 Å². The molecule has 3 aromatic carbocycles.